The molecule has 3 N–H and O–H groups in total. The third-order valence-electron chi connectivity index (χ3n) is 3.06. The fraction of sp³-hybridized carbons (Fsp3) is 0.308. The summed E-state index contributed by atoms with van der Waals surface area (Å²) < 4.78 is 1.96. The molecule has 2 aromatic rings. The zero-order valence-electron chi connectivity index (χ0n) is 11.4. The summed E-state index contributed by atoms with van der Waals surface area (Å²) in [5.41, 5.74) is 4.03. The van der Waals surface area contributed by atoms with Crippen LogP contribution in [0.1, 0.15) is 31.2 Å². The molecule has 0 spiro atoms. The maximum Gasteiger partial charge on any atom is 0.269 e. The minimum Gasteiger partial charge on any atom is -0.330 e. The number of hydrogen-bond acceptors (Lipinski definition) is 5. The number of aromatic nitrogens is 2. The maximum atomic E-state index is 10.9. The van der Waals surface area contributed by atoms with Crippen LogP contribution in [0.15, 0.2) is 30.6 Å². The molecular weight excluding hydrogens is 258 g/mol. The van der Waals surface area contributed by atoms with E-state index in [1.54, 1.807) is 12.3 Å². The van der Waals surface area contributed by atoms with Crippen LogP contribution in [0.2, 0.25) is 0 Å². The van der Waals surface area contributed by atoms with E-state index >= 15 is 0 Å². The number of nitrogens with zero attached hydrogens (tertiary/aromatic N) is 3. The smallest absolute Gasteiger partial charge is 0.269 e. The average Bonchev–Trinajstić information content (AvgIpc) is 2.87. The number of non-ortho nitro benzene ring substituents is 1. The van der Waals surface area contributed by atoms with Gasteiger partial charge in [-0.15, -0.1) is 0 Å². The predicted octanol–water partition coefficient (Wildman–Crippen LogP) is 2.25. The fourth-order valence-corrected chi connectivity index (χ4v) is 2.10. The lowest BCUT2D eigenvalue weighted by molar-refractivity contribution is -0.384. The Kier molecular flexibility index (Phi) is 3.99. The molecule has 1 heterocycles. The van der Waals surface area contributed by atoms with Crippen LogP contribution in [-0.4, -0.2) is 14.5 Å². The van der Waals surface area contributed by atoms with Gasteiger partial charge < -0.3 is 9.99 Å². The van der Waals surface area contributed by atoms with E-state index in [0.29, 0.717) is 12.2 Å². The molecule has 1 aromatic carbocycles. The van der Waals surface area contributed by atoms with Crippen LogP contribution in [-0.2, 0) is 6.54 Å². The molecule has 0 aliphatic rings. The SMILES string of the molecule is CC(C)c1nccn1Cc1cc([N+](=O)[O-])ccc1NN. The number of benzene rings is 1. The Morgan fingerprint density at radius 2 is 2.25 bits per heavy atom. The monoisotopic (exact) mass is 275 g/mol. The number of imidazole rings is 1. The topological polar surface area (TPSA) is 99.0 Å². The number of nitrogens with two attached hydrogens (primary N) is 1. The lowest BCUT2D eigenvalue weighted by Gasteiger charge is -2.13. The molecule has 0 bridgehead atoms. The second-order valence-electron chi connectivity index (χ2n) is 4.81. The molecule has 20 heavy (non-hydrogen) atoms. The molecule has 0 radical (unpaired) electrons. The van der Waals surface area contributed by atoms with Crippen molar-refractivity contribution in [2.24, 2.45) is 5.84 Å². The quantitative estimate of drug-likeness (QED) is 0.495. The number of nitro groups is 1. The largest absolute Gasteiger partial charge is 0.330 e. The third kappa shape index (κ3) is 2.77. The van der Waals surface area contributed by atoms with Crippen molar-refractivity contribution in [1.29, 1.82) is 0 Å². The van der Waals surface area contributed by atoms with Crippen molar-refractivity contribution in [1.82, 2.24) is 9.55 Å². The molecule has 1 aromatic heterocycles. The van der Waals surface area contributed by atoms with Crippen molar-refractivity contribution in [3.8, 4) is 0 Å². The molecule has 0 atom stereocenters. The van der Waals surface area contributed by atoms with E-state index in [9.17, 15) is 10.1 Å². The predicted molar refractivity (Wildman–Crippen MR) is 76.3 cm³/mol. The Balaban J connectivity index is 2.38. The first-order valence-electron chi connectivity index (χ1n) is 6.28. The fourth-order valence-electron chi connectivity index (χ4n) is 2.10. The maximum absolute atomic E-state index is 10.9. The summed E-state index contributed by atoms with van der Waals surface area (Å²) >= 11 is 0. The number of rotatable bonds is 5. The Bertz CT molecular complexity index is 621. The summed E-state index contributed by atoms with van der Waals surface area (Å²) in [6, 6.07) is 4.56. The molecule has 7 nitrogen and oxygen atoms in total. The van der Waals surface area contributed by atoms with Gasteiger partial charge in [0.05, 0.1) is 17.2 Å². The highest BCUT2D eigenvalue weighted by Crippen LogP contribution is 2.23. The van der Waals surface area contributed by atoms with E-state index in [1.165, 1.54) is 12.1 Å². The number of anilines is 1. The first-order chi connectivity index (χ1) is 9.52. The number of hydrazine groups is 1. The van der Waals surface area contributed by atoms with Gasteiger partial charge >= 0.3 is 0 Å². The summed E-state index contributed by atoms with van der Waals surface area (Å²) in [6.45, 7) is 4.58. The molecule has 0 aliphatic carbocycles. The number of nitro benzene ring substituents is 1. The van der Waals surface area contributed by atoms with Crippen molar-refractivity contribution < 1.29 is 4.92 Å². The second kappa shape index (κ2) is 5.70. The Labute approximate surface area is 116 Å². The van der Waals surface area contributed by atoms with Crippen LogP contribution in [0.5, 0.6) is 0 Å². The highest BCUT2D eigenvalue weighted by Gasteiger charge is 2.13. The van der Waals surface area contributed by atoms with E-state index in [0.717, 1.165) is 11.4 Å². The van der Waals surface area contributed by atoms with Crippen molar-refractivity contribution >= 4 is 11.4 Å². The third-order valence-corrected chi connectivity index (χ3v) is 3.06. The van der Waals surface area contributed by atoms with Gasteiger partial charge in [0, 0.05) is 36.0 Å². The van der Waals surface area contributed by atoms with Crippen molar-refractivity contribution in [3.63, 3.8) is 0 Å². The van der Waals surface area contributed by atoms with Crippen LogP contribution in [0.4, 0.5) is 11.4 Å². The summed E-state index contributed by atoms with van der Waals surface area (Å²) in [4.78, 5) is 14.8. The summed E-state index contributed by atoms with van der Waals surface area (Å²) in [5, 5.41) is 10.9. The van der Waals surface area contributed by atoms with Gasteiger partial charge in [-0.05, 0) is 6.07 Å². The average molecular weight is 275 g/mol. The molecule has 0 saturated heterocycles. The summed E-state index contributed by atoms with van der Waals surface area (Å²) in [7, 11) is 0. The summed E-state index contributed by atoms with van der Waals surface area (Å²) in [5.74, 6) is 6.66. The van der Waals surface area contributed by atoms with Gasteiger partial charge in [0.25, 0.3) is 5.69 Å². The lowest BCUT2D eigenvalue weighted by atomic mass is 10.1. The van der Waals surface area contributed by atoms with Gasteiger partial charge in [-0.2, -0.15) is 0 Å². The van der Waals surface area contributed by atoms with E-state index < -0.39 is 4.92 Å². The highest BCUT2D eigenvalue weighted by molar-refractivity contribution is 5.55. The Morgan fingerprint density at radius 3 is 2.85 bits per heavy atom. The minimum atomic E-state index is -0.416. The van der Waals surface area contributed by atoms with Gasteiger partial charge in [0.1, 0.15) is 5.82 Å². The van der Waals surface area contributed by atoms with E-state index in [4.69, 9.17) is 5.84 Å². The van der Waals surface area contributed by atoms with Gasteiger partial charge in [-0.3, -0.25) is 16.0 Å². The lowest BCUT2D eigenvalue weighted by Crippen LogP contribution is -2.12. The van der Waals surface area contributed by atoms with Gasteiger partial charge in [0.15, 0.2) is 0 Å². The van der Waals surface area contributed by atoms with Crippen molar-refractivity contribution in [2.75, 3.05) is 5.43 Å². The molecule has 0 saturated carbocycles. The molecule has 0 unspecified atom stereocenters. The van der Waals surface area contributed by atoms with Gasteiger partial charge in [-0.25, -0.2) is 4.98 Å². The van der Waals surface area contributed by atoms with Gasteiger partial charge in [-0.1, -0.05) is 13.8 Å². The van der Waals surface area contributed by atoms with Crippen LogP contribution < -0.4 is 11.3 Å². The normalized spacial score (nSPS) is 10.8. The van der Waals surface area contributed by atoms with Crippen LogP contribution in [0.25, 0.3) is 0 Å². The van der Waals surface area contributed by atoms with E-state index in [1.807, 2.05) is 24.6 Å². The molecule has 0 amide bonds. The first kappa shape index (κ1) is 14.0. The van der Waals surface area contributed by atoms with E-state index in [2.05, 4.69) is 10.4 Å². The van der Waals surface area contributed by atoms with Crippen LogP contribution >= 0.6 is 0 Å². The number of nitrogens with one attached hydrogen (secondary N) is 1. The zero-order chi connectivity index (χ0) is 14.7. The highest BCUT2D eigenvalue weighted by atomic mass is 16.6. The van der Waals surface area contributed by atoms with Crippen LogP contribution in [0, 0.1) is 10.1 Å². The molecule has 0 aliphatic heterocycles. The van der Waals surface area contributed by atoms with Gasteiger partial charge in [0.2, 0.25) is 0 Å². The number of hydrogen-bond donors (Lipinski definition) is 2. The van der Waals surface area contributed by atoms with E-state index in [-0.39, 0.29) is 11.6 Å². The molecule has 106 valence electrons. The Morgan fingerprint density at radius 1 is 1.50 bits per heavy atom. The molecular formula is C13H17N5O2. The minimum absolute atomic E-state index is 0.0465. The summed E-state index contributed by atoms with van der Waals surface area (Å²) in [6.07, 6.45) is 3.58. The number of nitrogen functional groups attached to an aromatic ring is 1. The molecule has 7 heteroatoms. The first-order valence-corrected chi connectivity index (χ1v) is 6.28. The molecule has 0 fully saturated rings. The standard InChI is InChI=1S/C13H17N5O2/c1-9(2)13-15-5-6-17(13)8-10-7-11(18(19)20)3-4-12(10)16-14/h3-7,9,16H,8,14H2,1-2H3. The second-order valence-corrected chi connectivity index (χ2v) is 4.81. The molecule has 2 rings (SSSR count). The zero-order valence-corrected chi connectivity index (χ0v) is 11.4. The van der Waals surface area contributed by atoms with Crippen molar-refractivity contribution in [2.45, 2.75) is 26.3 Å². The van der Waals surface area contributed by atoms with Crippen molar-refractivity contribution in [3.05, 3.63) is 52.1 Å². The Hall–Kier alpha value is -2.41. The van der Waals surface area contributed by atoms with Crippen LogP contribution in [0.3, 0.4) is 0 Å².